The van der Waals surface area contributed by atoms with Crippen molar-refractivity contribution in [2.24, 2.45) is 0 Å². The van der Waals surface area contributed by atoms with Crippen LogP contribution >= 0.6 is 0 Å². The lowest BCUT2D eigenvalue weighted by atomic mass is 10.0. The van der Waals surface area contributed by atoms with Crippen LogP contribution in [0.4, 0.5) is 8.78 Å². The van der Waals surface area contributed by atoms with Crippen molar-refractivity contribution in [2.45, 2.75) is 32.3 Å². The van der Waals surface area contributed by atoms with Gasteiger partial charge in [0.1, 0.15) is 11.4 Å². The highest BCUT2D eigenvalue weighted by Gasteiger charge is 2.28. The molecule has 2 rings (SSSR count). The zero-order valence-corrected chi connectivity index (χ0v) is 15.3. The van der Waals surface area contributed by atoms with Crippen molar-refractivity contribution in [3.05, 3.63) is 66.2 Å². The van der Waals surface area contributed by atoms with Crippen molar-refractivity contribution >= 4 is 5.97 Å². The number of hydrogen-bond acceptors (Lipinski definition) is 3. The molecule has 0 N–H and O–H groups in total. The number of benzene rings is 2. The standard InChI is InChI=1S/C21H22F2O3/c1-20(2,3)26-19(24)13-14-21(22,23)17-9-5-15(6-10-17)16-7-11-18(25-4)12-8-16/h5-14H,1-4H3. The van der Waals surface area contributed by atoms with Gasteiger partial charge in [0, 0.05) is 11.6 Å². The molecule has 3 nitrogen and oxygen atoms in total. The number of hydrogen-bond donors (Lipinski definition) is 0. The zero-order chi connectivity index (χ0) is 19.4. The Kier molecular flexibility index (Phi) is 5.80. The Morgan fingerprint density at radius 1 is 0.923 bits per heavy atom. The van der Waals surface area contributed by atoms with E-state index in [0.717, 1.165) is 23.0 Å². The molecule has 5 heteroatoms. The van der Waals surface area contributed by atoms with Crippen LogP contribution in [0.25, 0.3) is 11.1 Å². The molecule has 0 atom stereocenters. The quantitative estimate of drug-likeness (QED) is 0.532. The van der Waals surface area contributed by atoms with Gasteiger partial charge in [-0.2, -0.15) is 8.78 Å². The van der Waals surface area contributed by atoms with E-state index < -0.39 is 17.5 Å². The molecular formula is C21H22F2O3. The van der Waals surface area contributed by atoms with E-state index in [1.807, 2.05) is 12.1 Å². The number of allylic oxidation sites excluding steroid dienone is 1. The monoisotopic (exact) mass is 360 g/mol. The number of rotatable bonds is 5. The smallest absolute Gasteiger partial charge is 0.331 e. The summed E-state index contributed by atoms with van der Waals surface area (Å²) < 4.78 is 38.6. The maximum absolute atomic E-state index is 14.3. The fourth-order valence-electron chi connectivity index (χ4n) is 2.27. The summed E-state index contributed by atoms with van der Waals surface area (Å²) in [5.41, 5.74) is 0.777. The Labute approximate surface area is 152 Å². The molecule has 0 aliphatic rings. The van der Waals surface area contributed by atoms with E-state index >= 15 is 0 Å². The third kappa shape index (κ3) is 5.41. The van der Waals surface area contributed by atoms with Crippen molar-refractivity contribution in [1.82, 2.24) is 0 Å². The number of ether oxygens (including phenoxy) is 2. The Morgan fingerprint density at radius 3 is 1.88 bits per heavy atom. The van der Waals surface area contributed by atoms with Gasteiger partial charge in [-0.25, -0.2) is 4.79 Å². The molecule has 0 saturated carbocycles. The van der Waals surface area contributed by atoms with Crippen LogP contribution in [-0.4, -0.2) is 18.7 Å². The normalized spacial score (nSPS) is 12.2. The Hall–Kier alpha value is -2.69. The van der Waals surface area contributed by atoms with E-state index in [2.05, 4.69) is 0 Å². The third-order valence-electron chi connectivity index (χ3n) is 3.53. The van der Waals surface area contributed by atoms with Crippen LogP contribution in [0, 0.1) is 0 Å². The van der Waals surface area contributed by atoms with Gasteiger partial charge in [-0.3, -0.25) is 0 Å². The Balaban J connectivity index is 2.13. The summed E-state index contributed by atoms with van der Waals surface area (Å²) in [5.74, 6) is -3.34. The van der Waals surface area contributed by atoms with Crippen molar-refractivity contribution in [2.75, 3.05) is 7.11 Å². The number of esters is 1. The number of alkyl halides is 2. The van der Waals surface area contributed by atoms with Gasteiger partial charge >= 0.3 is 5.97 Å². The van der Waals surface area contributed by atoms with E-state index in [1.54, 1.807) is 52.1 Å². The largest absolute Gasteiger partial charge is 0.497 e. The van der Waals surface area contributed by atoms with Gasteiger partial charge in [0.2, 0.25) is 0 Å². The lowest BCUT2D eigenvalue weighted by Crippen LogP contribution is -2.23. The summed E-state index contributed by atoms with van der Waals surface area (Å²) in [7, 11) is 1.58. The minimum absolute atomic E-state index is 0.199. The summed E-state index contributed by atoms with van der Waals surface area (Å²) in [5, 5.41) is 0. The first-order valence-corrected chi connectivity index (χ1v) is 8.16. The van der Waals surface area contributed by atoms with Crippen LogP contribution in [0.2, 0.25) is 0 Å². The molecule has 0 saturated heterocycles. The molecule has 0 radical (unpaired) electrons. The SMILES string of the molecule is COc1ccc(-c2ccc(C(F)(F)C=CC(=O)OC(C)(C)C)cc2)cc1. The molecule has 0 aliphatic carbocycles. The van der Waals surface area contributed by atoms with Crippen LogP contribution in [0.15, 0.2) is 60.7 Å². The highest BCUT2D eigenvalue weighted by atomic mass is 19.3. The molecule has 26 heavy (non-hydrogen) atoms. The van der Waals surface area contributed by atoms with E-state index in [4.69, 9.17) is 9.47 Å². The van der Waals surface area contributed by atoms with E-state index in [9.17, 15) is 13.6 Å². The van der Waals surface area contributed by atoms with Crippen molar-refractivity contribution in [3.63, 3.8) is 0 Å². The zero-order valence-electron chi connectivity index (χ0n) is 15.3. The molecule has 0 aliphatic heterocycles. The number of methoxy groups -OCH3 is 1. The van der Waals surface area contributed by atoms with Gasteiger partial charge in [0.15, 0.2) is 0 Å². The minimum Gasteiger partial charge on any atom is -0.497 e. The second-order valence-electron chi connectivity index (χ2n) is 6.80. The fraction of sp³-hybridized carbons (Fsp3) is 0.286. The molecule has 0 spiro atoms. The third-order valence-corrected chi connectivity index (χ3v) is 3.53. The molecule has 2 aromatic rings. The summed E-state index contributed by atoms with van der Waals surface area (Å²) in [4.78, 5) is 11.6. The summed E-state index contributed by atoms with van der Waals surface area (Å²) >= 11 is 0. The lowest BCUT2D eigenvalue weighted by molar-refractivity contribution is -0.148. The van der Waals surface area contributed by atoms with E-state index in [-0.39, 0.29) is 5.56 Å². The highest BCUT2D eigenvalue weighted by Crippen LogP contribution is 2.31. The molecule has 0 aromatic heterocycles. The van der Waals surface area contributed by atoms with Crippen LogP contribution in [0.5, 0.6) is 5.75 Å². The first-order chi connectivity index (χ1) is 12.1. The van der Waals surface area contributed by atoms with E-state index in [0.29, 0.717) is 6.08 Å². The van der Waals surface area contributed by atoms with Crippen LogP contribution in [-0.2, 0) is 15.5 Å². The first-order valence-electron chi connectivity index (χ1n) is 8.16. The minimum atomic E-state index is -3.27. The molecule has 138 valence electrons. The van der Waals surface area contributed by atoms with Crippen molar-refractivity contribution in [3.8, 4) is 16.9 Å². The van der Waals surface area contributed by atoms with Crippen LogP contribution in [0.1, 0.15) is 26.3 Å². The van der Waals surface area contributed by atoms with Gasteiger partial charge in [0.25, 0.3) is 5.92 Å². The van der Waals surface area contributed by atoms with Crippen molar-refractivity contribution < 1.29 is 23.0 Å². The number of halogens is 2. The van der Waals surface area contributed by atoms with Gasteiger partial charge in [-0.15, -0.1) is 0 Å². The Bertz CT molecular complexity index is 770. The van der Waals surface area contributed by atoms with Gasteiger partial charge < -0.3 is 9.47 Å². The molecule has 0 heterocycles. The van der Waals surface area contributed by atoms with Crippen LogP contribution < -0.4 is 4.74 Å². The predicted molar refractivity (Wildman–Crippen MR) is 97.3 cm³/mol. The summed E-state index contributed by atoms with van der Waals surface area (Å²) in [6.07, 6.45) is 1.33. The predicted octanol–water partition coefficient (Wildman–Crippen LogP) is 5.35. The Morgan fingerprint density at radius 2 is 1.42 bits per heavy atom. The lowest BCUT2D eigenvalue weighted by Gasteiger charge is -2.18. The topological polar surface area (TPSA) is 35.5 Å². The second kappa shape index (κ2) is 7.68. The molecule has 0 amide bonds. The first kappa shape index (κ1) is 19.6. The highest BCUT2D eigenvalue weighted by molar-refractivity contribution is 5.82. The molecule has 0 bridgehead atoms. The fourth-order valence-corrected chi connectivity index (χ4v) is 2.27. The maximum Gasteiger partial charge on any atom is 0.331 e. The summed E-state index contributed by atoms with van der Waals surface area (Å²) in [6.45, 7) is 5.03. The van der Waals surface area contributed by atoms with Crippen LogP contribution in [0.3, 0.4) is 0 Å². The summed E-state index contributed by atoms with van der Waals surface area (Å²) in [6, 6.07) is 13.3. The average molecular weight is 360 g/mol. The van der Waals surface area contributed by atoms with Gasteiger partial charge in [-0.05, 0) is 50.1 Å². The number of carbonyl (C=O) groups is 1. The number of carbonyl (C=O) groups excluding carboxylic acids is 1. The van der Waals surface area contributed by atoms with E-state index in [1.165, 1.54) is 12.1 Å². The van der Waals surface area contributed by atoms with Crippen molar-refractivity contribution in [1.29, 1.82) is 0 Å². The second-order valence-corrected chi connectivity index (χ2v) is 6.80. The van der Waals surface area contributed by atoms with Gasteiger partial charge in [0.05, 0.1) is 7.11 Å². The molecule has 0 fully saturated rings. The maximum atomic E-state index is 14.3. The molecule has 2 aromatic carbocycles. The van der Waals surface area contributed by atoms with Gasteiger partial charge in [-0.1, -0.05) is 36.4 Å². The molecule has 0 unspecified atom stereocenters. The molecular weight excluding hydrogens is 338 g/mol. The average Bonchev–Trinajstić information content (AvgIpc) is 2.59.